The summed E-state index contributed by atoms with van der Waals surface area (Å²) < 4.78 is 44.6. The van der Waals surface area contributed by atoms with Crippen LogP contribution in [0.5, 0.6) is 5.75 Å². The van der Waals surface area contributed by atoms with Crippen LogP contribution < -0.4 is 0 Å². The molecule has 2 rings (SSSR count). The van der Waals surface area contributed by atoms with Gasteiger partial charge in [-0.3, -0.25) is 0 Å². The second kappa shape index (κ2) is 6.73. The summed E-state index contributed by atoms with van der Waals surface area (Å²) in [6.07, 6.45) is 0.121. The van der Waals surface area contributed by atoms with Crippen molar-refractivity contribution in [2.75, 3.05) is 7.11 Å². The van der Waals surface area contributed by atoms with E-state index in [1.165, 1.54) is 31.2 Å². The van der Waals surface area contributed by atoms with E-state index in [-0.39, 0.29) is 12.0 Å². The van der Waals surface area contributed by atoms with Crippen LogP contribution >= 0.6 is 11.6 Å². The molecule has 0 aliphatic heterocycles. The molecular formula is C17H14ClF3O3. The number of aryl methyl sites for hydroxylation is 1. The predicted octanol–water partition coefficient (Wildman–Crippen LogP) is 4.51. The van der Waals surface area contributed by atoms with Gasteiger partial charge in [0, 0.05) is 12.0 Å². The molecule has 0 aliphatic carbocycles. The molecule has 0 aromatic heterocycles. The highest BCUT2D eigenvalue weighted by Gasteiger charge is 2.36. The number of hydrogen-bond donors (Lipinski definition) is 1. The highest BCUT2D eigenvalue weighted by Crippen LogP contribution is 2.41. The van der Waals surface area contributed by atoms with Gasteiger partial charge in [0.15, 0.2) is 0 Å². The summed E-state index contributed by atoms with van der Waals surface area (Å²) in [7, 11) is 1.01. The van der Waals surface area contributed by atoms with Gasteiger partial charge in [0.1, 0.15) is 17.1 Å². The molecular weight excluding hydrogens is 345 g/mol. The van der Waals surface area contributed by atoms with E-state index >= 15 is 0 Å². The first kappa shape index (κ1) is 18.1. The van der Waals surface area contributed by atoms with Crippen LogP contribution in [0, 0.1) is 12.7 Å². The lowest BCUT2D eigenvalue weighted by molar-refractivity contribution is 0.0566. The Hall–Kier alpha value is -2.21. The molecule has 0 atom stereocenters. The van der Waals surface area contributed by atoms with Gasteiger partial charge in [0.25, 0.3) is 0 Å². The minimum atomic E-state index is -3.85. The van der Waals surface area contributed by atoms with Gasteiger partial charge >= 0.3 is 11.4 Å². The molecule has 0 heterocycles. The van der Waals surface area contributed by atoms with Crippen molar-refractivity contribution in [1.82, 2.24) is 0 Å². The molecule has 0 unspecified atom stereocenters. The Morgan fingerprint density at radius 3 is 2.38 bits per heavy atom. The van der Waals surface area contributed by atoms with Gasteiger partial charge in [-0.2, -0.15) is 8.78 Å². The van der Waals surface area contributed by atoms with Crippen molar-refractivity contribution < 1.29 is 27.8 Å². The van der Waals surface area contributed by atoms with E-state index < -0.39 is 34.0 Å². The normalized spacial score (nSPS) is 11.4. The Labute approximate surface area is 141 Å². The van der Waals surface area contributed by atoms with Crippen molar-refractivity contribution in [3.63, 3.8) is 0 Å². The predicted molar refractivity (Wildman–Crippen MR) is 83.1 cm³/mol. The van der Waals surface area contributed by atoms with E-state index in [0.29, 0.717) is 11.1 Å². The summed E-state index contributed by atoms with van der Waals surface area (Å²) in [6, 6.07) is 6.51. The summed E-state index contributed by atoms with van der Waals surface area (Å²) in [5.41, 5.74) is -0.295. The fraction of sp³-hybridized carbons (Fsp3) is 0.235. The number of methoxy groups -OCH3 is 1. The van der Waals surface area contributed by atoms with Crippen LogP contribution in [0.4, 0.5) is 13.2 Å². The summed E-state index contributed by atoms with van der Waals surface area (Å²) in [6.45, 7) is 1.51. The first-order chi connectivity index (χ1) is 11.1. The number of ether oxygens (including phenoxy) is 1. The average molecular weight is 359 g/mol. The van der Waals surface area contributed by atoms with Gasteiger partial charge in [-0.05, 0) is 47.9 Å². The van der Waals surface area contributed by atoms with Crippen molar-refractivity contribution in [3.05, 3.63) is 64.0 Å². The zero-order valence-corrected chi connectivity index (χ0v) is 13.6. The Morgan fingerprint density at radius 1 is 1.29 bits per heavy atom. The van der Waals surface area contributed by atoms with Crippen LogP contribution in [0.2, 0.25) is 0 Å². The van der Waals surface area contributed by atoms with Gasteiger partial charge in [-0.25, -0.2) is 9.18 Å². The molecule has 0 fully saturated rings. The minimum Gasteiger partial charge on any atom is -0.507 e. The minimum absolute atomic E-state index is 0.121. The van der Waals surface area contributed by atoms with Crippen LogP contribution in [-0.2, 0) is 16.5 Å². The molecule has 3 nitrogen and oxygen atoms in total. The third-order valence-corrected chi connectivity index (χ3v) is 3.82. The third-order valence-electron chi connectivity index (χ3n) is 3.62. The second-order valence-electron chi connectivity index (χ2n) is 5.24. The molecule has 2 aromatic rings. The molecule has 128 valence electrons. The standard InChI is InChI=1S/C17H14ClF3O3/c1-9-7-13(17(18,20)21)14(16(23)24-2)15(22)12(9)8-10-3-5-11(19)6-4-10/h3-7,22H,8H2,1-2H3. The Kier molecular flexibility index (Phi) is 5.08. The molecule has 1 N–H and O–H groups in total. The summed E-state index contributed by atoms with van der Waals surface area (Å²) >= 11 is 5.04. The fourth-order valence-corrected chi connectivity index (χ4v) is 2.55. The number of carbonyl (C=O) groups is 1. The van der Waals surface area contributed by atoms with Gasteiger partial charge < -0.3 is 9.84 Å². The van der Waals surface area contributed by atoms with Crippen molar-refractivity contribution in [1.29, 1.82) is 0 Å². The lowest BCUT2D eigenvalue weighted by atomic mass is 9.93. The van der Waals surface area contributed by atoms with Crippen molar-refractivity contribution in [2.45, 2.75) is 18.7 Å². The lowest BCUT2D eigenvalue weighted by Gasteiger charge is -2.19. The maximum absolute atomic E-state index is 13.6. The van der Waals surface area contributed by atoms with E-state index in [9.17, 15) is 23.1 Å². The SMILES string of the molecule is COC(=O)c1c(C(F)(F)Cl)cc(C)c(Cc2ccc(F)cc2)c1O. The number of halogens is 4. The summed E-state index contributed by atoms with van der Waals surface area (Å²) in [5.74, 6) is -2.17. The molecule has 7 heteroatoms. The molecule has 0 amide bonds. The smallest absolute Gasteiger partial charge is 0.349 e. The van der Waals surface area contributed by atoms with Gasteiger partial charge in [-0.1, -0.05) is 12.1 Å². The lowest BCUT2D eigenvalue weighted by Crippen LogP contribution is -2.15. The first-order valence-electron chi connectivity index (χ1n) is 6.90. The number of carbonyl (C=O) groups excluding carboxylic acids is 1. The number of hydrogen-bond acceptors (Lipinski definition) is 3. The molecule has 0 spiro atoms. The number of benzene rings is 2. The third kappa shape index (κ3) is 3.64. The van der Waals surface area contributed by atoms with Crippen molar-refractivity contribution in [3.8, 4) is 5.75 Å². The highest BCUT2D eigenvalue weighted by atomic mass is 35.5. The van der Waals surface area contributed by atoms with E-state index in [0.717, 1.165) is 13.2 Å². The van der Waals surface area contributed by atoms with Crippen LogP contribution in [0.15, 0.2) is 30.3 Å². The monoisotopic (exact) mass is 358 g/mol. The van der Waals surface area contributed by atoms with Crippen LogP contribution in [0.1, 0.15) is 32.6 Å². The molecule has 0 saturated heterocycles. The molecule has 0 radical (unpaired) electrons. The quantitative estimate of drug-likeness (QED) is 0.646. The van der Waals surface area contributed by atoms with Gasteiger partial charge in [0.2, 0.25) is 0 Å². The van der Waals surface area contributed by atoms with Gasteiger partial charge in [0.05, 0.1) is 12.7 Å². The number of aromatic hydroxyl groups is 1. The average Bonchev–Trinajstić information content (AvgIpc) is 2.51. The Bertz CT molecular complexity index is 768. The van der Waals surface area contributed by atoms with E-state index in [1.807, 2.05) is 0 Å². The summed E-state index contributed by atoms with van der Waals surface area (Å²) in [5, 5.41) is 6.52. The maximum atomic E-state index is 13.6. The number of phenolic OH excluding ortho intramolecular Hbond substituents is 1. The Balaban J connectivity index is 2.61. The number of rotatable bonds is 4. The topological polar surface area (TPSA) is 46.5 Å². The number of esters is 1. The highest BCUT2D eigenvalue weighted by molar-refractivity contribution is 6.22. The first-order valence-corrected chi connectivity index (χ1v) is 7.28. The Morgan fingerprint density at radius 2 is 1.88 bits per heavy atom. The molecule has 2 aromatic carbocycles. The van der Waals surface area contributed by atoms with Crippen molar-refractivity contribution in [2.24, 2.45) is 0 Å². The fourth-order valence-electron chi connectivity index (χ4n) is 2.40. The molecule has 24 heavy (non-hydrogen) atoms. The van der Waals surface area contributed by atoms with E-state index in [1.54, 1.807) is 0 Å². The largest absolute Gasteiger partial charge is 0.507 e. The van der Waals surface area contributed by atoms with Crippen LogP contribution in [0.3, 0.4) is 0 Å². The van der Waals surface area contributed by atoms with E-state index in [2.05, 4.69) is 4.74 Å². The summed E-state index contributed by atoms with van der Waals surface area (Å²) in [4.78, 5) is 11.8. The van der Waals surface area contributed by atoms with Crippen LogP contribution in [-0.4, -0.2) is 18.2 Å². The maximum Gasteiger partial charge on any atom is 0.349 e. The molecule has 0 bridgehead atoms. The van der Waals surface area contributed by atoms with Crippen molar-refractivity contribution >= 4 is 17.6 Å². The zero-order valence-electron chi connectivity index (χ0n) is 12.9. The number of phenols is 1. The molecule has 0 saturated carbocycles. The van der Waals surface area contributed by atoms with Gasteiger partial charge in [-0.15, -0.1) is 0 Å². The van der Waals surface area contributed by atoms with E-state index in [4.69, 9.17) is 11.6 Å². The molecule has 0 aliphatic rings. The zero-order chi connectivity index (χ0) is 18.1. The second-order valence-corrected chi connectivity index (χ2v) is 5.71. The number of alkyl halides is 3. The van der Waals surface area contributed by atoms with Crippen LogP contribution in [0.25, 0.3) is 0 Å².